The van der Waals surface area contributed by atoms with Crippen molar-refractivity contribution in [3.05, 3.63) is 29.8 Å². The van der Waals surface area contributed by atoms with Gasteiger partial charge in [0.05, 0.1) is 18.1 Å². The van der Waals surface area contributed by atoms with E-state index < -0.39 is 10.0 Å². The van der Waals surface area contributed by atoms with Crippen molar-refractivity contribution in [2.45, 2.75) is 11.8 Å². The van der Waals surface area contributed by atoms with E-state index in [2.05, 4.69) is 0 Å². The topological polar surface area (TPSA) is 64.6 Å². The van der Waals surface area contributed by atoms with Gasteiger partial charge in [0.15, 0.2) is 0 Å². The van der Waals surface area contributed by atoms with Gasteiger partial charge in [-0.05, 0) is 19.1 Å². The first kappa shape index (κ1) is 13.1. The summed E-state index contributed by atoms with van der Waals surface area (Å²) in [6, 6.07) is 6.50. The van der Waals surface area contributed by atoms with Gasteiger partial charge in [-0.25, -0.2) is 8.42 Å². The number of hydrogen-bond donors (Lipinski definition) is 1. The van der Waals surface area contributed by atoms with Crippen LogP contribution in [0, 0.1) is 6.92 Å². The highest BCUT2D eigenvalue weighted by atomic mass is 32.2. The van der Waals surface area contributed by atoms with Crippen molar-refractivity contribution in [2.24, 2.45) is 0 Å². The maximum Gasteiger partial charge on any atom is 0.262 e. The molecule has 5 nitrogen and oxygen atoms in total. The molecule has 0 heterocycles. The summed E-state index contributed by atoms with van der Waals surface area (Å²) in [5.74, 6) is 0. The molecule has 0 aliphatic carbocycles. The van der Waals surface area contributed by atoms with E-state index in [1.54, 1.807) is 12.1 Å². The SMILES string of the molecule is COCCONS(=O)(=O)c1ccc(C)cc1. The average Bonchev–Trinajstić information content (AvgIpc) is 2.25. The molecule has 0 aliphatic heterocycles. The standard InChI is InChI=1S/C10H15NO4S/c1-9-3-5-10(6-4-9)16(12,13)11-15-8-7-14-2/h3-6,11H,7-8H2,1-2H3. The number of benzene rings is 1. The molecule has 0 saturated heterocycles. The summed E-state index contributed by atoms with van der Waals surface area (Å²) in [5, 5.41) is 0. The lowest BCUT2D eigenvalue weighted by Gasteiger charge is -2.06. The molecule has 0 fully saturated rings. The van der Waals surface area contributed by atoms with Crippen molar-refractivity contribution >= 4 is 10.0 Å². The van der Waals surface area contributed by atoms with E-state index >= 15 is 0 Å². The van der Waals surface area contributed by atoms with Gasteiger partial charge in [0, 0.05) is 7.11 Å². The normalized spacial score (nSPS) is 11.6. The minimum atomic E-state index is -3.59. The molecule has 0 aromatic heterocycles. The van der Waals surface area contributed by atoms with E-state index in [0.717, 1.165) is 5.56 Å². The van der Waals surface area contributed by atoms with Crippen molar-refractivity contribution in [2.75, 3.05) is 20.3 Å². The van der Waals surface area contributed by atoms with Crippen LogP contribution in [0.25, 0.3) is 0 Å². The lowest BCUT2D eigenvalue weighted by Crippen LogP contribution is -2.25. The van der Waals surface area contributed by atoms with E-state index in [-0.39, 0.29) is 11.5 Å². The van der Waals surface area contributed by atoms with Gasteiger partial charge in [-0.2, -0.15) is 0 Å². The fourth-order valence-corrected chi connectivity index (χ4v) is 1.84. The van der Waals surface area contributed by atoms with Gasteiger partial charge >= 0.3 is 0 Å². The first-order valence-corrected chi connectivity index (χ1v) is 6.24. The molecule has 0 bridgehead atoms. The van der Waals surface area contributed by atoms with Gasteiger partial charge in [-0.15, -0.1) is 0 Å². The molecule has 1 rings (SSSR count). The zero-order chi connectivity index (χ0) is 12.0. The maximum absolute atomic E-state index is 11.6. The molecule has 1 aromatic carbocycles. The average molecular weight is 245 g/mol. The number of nitrogens with one attached hydrogen (secondary N) is 1. The zero-order valence-corrected chi connectivity index (χ0v) is 10.1. The highest BCUT2D eigenvalue weighted by Gasteiger charge is 2.13. The summed E-state index contributed by atoms with van der Waals surface area (Å²) in [6.07, 6.45) is 0. The van der Waals surface area contributed by atoms with E-state index in [0.29, 0.717) is 6.61 Å². The van der Waals surface area contributed by atoms with Crippen LogP contribution in [0.3, 0.4) is 0 Å². The highest BCUT2D eigenvalue weighted by Crippen LogP contribution is 2.09. The minimum Gasteiger partial charge on any atom is -0.382 e. The van der Waals surface area contributed by atoms with Gasteiger partial charge < -0.3 is 4.74 Å². The van der Waals surface area contributed by atoms with Gasteiger partial charge in [-0.1, -0.05) is 22.6 Å². The lowest BCUT2D eigenvalue weighted by molar-refractivity contribution is 0.0438. The second-order valence-electron chi connectivity index (χ2n) is 3.24. The first-order chi connectivity index (χ1) is 7.56. The van der Waals surface area contributed by atoms with Crippen molar-refractivity contribution in [3.8, 4) is 0 Å². The number of rotatable bonds is 6. The van der Waals surface area contributed by atoms with Crippen LogP contribution in [0.5, 0.6) is 0 Å². The molecular weight excluding hydrogens is 230 g/mol. The smallest absolute Gasteiger partial charge is 0.262 e. The fraction of sp³-hybridized carbons (Fsp3) is 0.400. The van der Waals surface area contributed by atoms with Crippen molar-refractivity contribution < 1.29 is 18.0 Å². The summed E-state index contributed by atoms with van der Waals surface area (Å²) in [6.45, 7) is 2.39. The van der Waals surface area contributed by atoms with Gasteiger partial charge in [-0.3, -0.25) is 4.84 Å². The first-order valence-electron chi connectivity index (χ1n) is 4.75. The molecule has 6 heteroatoms. The third-order valence-corrected chi connectivity index (χ3v) is 3.12. The monoisotopic (exact) mass is 245 g/mol. The number of ether oxygens (including phenoxy) is 1. The Kier molecular flexibility index (Phi) is 4.88. The summed E-state index contributed by atoms with van der Waals surface area (Å²) in [7, 11) is -2.07. The fourth-order valence-electron chi connectivity index (χ4n) is 1.01. The molecule has 1 aromatic rings. The van der Waals surface area contributed by atoms with E-state index in [9.17, 15) is 8.42 Å². The third-order valence-electron chi connectivity index (χ3n) is 1.89. The number of sulfonamides is 1. The molecule has 0 radical (unpaired) electrons. The van der Waals surface area contributed by atoms with E-state index in [4.69, 9.17) is 9.57 Å². The summed E-state index contributed by atoms with van der Waals surface area (Å²) in [5.41, 5.74) is 0.999. The van der Waals surface area contributed by atoms with Crippen LogP contribution in [0.2, 0.25) is 0 Å². The summed E-state index contributed by atoms with van der Waals surface area (Å²) >= 11 is 0. The highest BCUT2D eigenvalue weighted by molar-refractivity contribution is 7.89. The lowest BCUT2D eigenvalue weighted by atomic mass is 10.2. The molecule has 0 saturated carbocycles. The predicted octanol–water partition coefficient (Wildman–Crippen LogP) is 0.851. The van der Waals surface area contributed by atoms with Crippen LogP contribution in [-0.4, -0.2) is 28.7 Å². The second-order valence-corrected chi connectivity index (χ2v) is 4.89. The largest absolute Gasteiger partial charge is 0.382 e. The van der Waals surface area contributed by atoms with Crippen LogP contribution < -0.4 is 4.89 Å². The second kappa shape index (κ2) is 5.95. The predicted molar refractivity (Wildman–Crippen MR) is 59.3 cm³/mol. The summed E-state index contributed by atoms with van der Waals surface area (Å²) in [4.78, 5) is 6.96. The molecule has 0 spiro atoms. The van der Waals surface area contributed by atoms with Gasteiger partial charge in [0.1, 0.15) is 0 Å². The molecular formula is C10H15NO4S. The Balaban J connectivity index is 2.60. The third kappa shape index (κ3) is 3.90. The zero-order valence-electron chi connectivity index (χ0n) is 9.26. The molecule has 0 atom stereocenters. The minimum absolute atomic E-state index is 0.168. The van der Waals surface area contributed by atoms with Gasteiger partial charge in [0.2, 0.25) is 0 Å². The number of aryl methyl sites for hydroxylation is 1. The maximum atomic E-state index is 11.6. The van der Waals surface area contributed by atoms with Crippen LogP contribution in [0.15, 0.2) is 29.2 Å². The number of hydrogen-bond acceptors (Lipinski definition) is 4. The van der Waals surface area contributed by atoms with Crippen LogP contribution in [-0.2, 0) is 19.6 Å². The Morgan fingerprint density at radius 1 is 1.19 bits per heavy atom. The van der Waals surface area contributed by atoms with Crippen molar-refractivity contribution in [3.63, 3.8) is 0 Å². The Bertz CT molecular complexity index is 413. The molecule has 0 aliphatic rings. The quantitative estimate of drug-likeness (QED) is 0.596. The van der Waals surface area contributed by atoms with Crippen LogP contribution >= 0.6 is 0 Å². The van der Waals surface area contributed by atoms with E-state index in [1.807, 2.05) is 11.8 Å². The van der Waals surface area contributed by atoms with Crippen LogP contribution in [0.4, 0.5) is 0 Å². The molecule has 90 valence electrons. The van der Waals surface area contributed by atoms with Crippen molar-refractivity contribution in [1.82, 2.24) is 4.89 Å². The van der Waals surface area contributed by atoms with Crippen molar-refractivity contribution in [1.29, 1.82) is 0 Å². The van der Waals surface area contributed by atoms with Crippen LogP contribution in [0.1, 0.15) is 5.56 Å². The van der Waals surface area contributed by atoms with Gasteiger partial charge in [0.25, 0.3) is 10.0 Å². The van der Waals surface area contributed by atoms with E-state index in [1.165, 1.54) is 19.2 Å². The molecule has 1 N–H and O–H groups in total. The Morgan fingerprint density at radius 2 is 1.81 bits per heavy atom. The number of methoxy groups -OCH3 is 1. The Hall–Kier alpha value is -0.950. The molecule has 0 amide bonds. The molecule has 0 unspecified atom stereocenters. The Morgan fingerprint density at radius 3 is 2.38 bits per heavy atom. The summed E-state index contributed by atoms with van der Waals surface area (Å²) < 4.78 is 28.0. The molecule has 16 heavy (non-hydrogen) atoms. The Labute approximate surface area is 95.4 Å².